The number of aryl methyl sites for hydroxylation is 1. The van der Waals surface area contributed by atoms with Crippen molar-refractivity contribution in [3.8, 4) is 11.8 Å². The molecule has 0 atom stereocenters. The molecule has 0 bridgehead atoms. The number of hydrogen-bond donors (Lipinski definition) is 2. The van der Waals surface area contributed by atoms with Gasteiger partial charge in [-0.2, -0.15) is 4.98 Å². The second-order valence-corrected chi connectivity index (χ2v) is 4.70. The van der Waals surface area contributed by atoms with Crippen molar-refractivity contribution in [2.75, 3.05) is 6.61 Å². The van der Waals surface area contributed by atoms with Gasteiger partial charge in [-0.3, -0.25) is 0 Å². The average Bonchev–Trinajstić information content (AvgIpc) is 2.40. The molecular weight excluding hydrogens is 274 g/mol. The molecule has 1 heterocycles. The molecule has 0 amide bonds. The van der Waals surface area contributed by atoms with Gasteiger partial charge in [0.15, 0.2) is 0 Å². The summed E-state index contributed by atoms with van der Waals surface area (Å²) in [5.74, 6) is 0.617. The van der Waals surface area contributed by atoms with E-state index in [9.17, 15) is 0 Å². The smallest absolute Gasteiger partial charge is 0.322 e. The highest BCUT2D eigenvalue weighted by molar-refractivity contribution is 7.80. The van der Waals surface area contributed by atoms with E-state index < -0.39 is 0 Å². The van der Waals surface area contributed by atoms with Crippen molar-refractivity contribution in [1.82, 2.24) is 9.97 Å². The number of aromatic nitrogens is 2. The van der Waals surface area contributed by atoms with Crippen molar-refractivity contribution in [3.05, 3.63) is 47.3 Å². The lowest BCUT2D eigenvalue weighted by Crippen LogP contribution is -2.13. The van der Waals surface area contributed by atoms with Gasteiger partial charge < -0.3 is 15.6 Å². The van der Waals surface area contributed by atoms with Crippen LogP contribution >= 0.6 is 12.2 Å². The van der Waals surface area contributed by atoms with E-state index in [1.807, 2.05) is 19.1 Å². The number of ether oxygens (including phenoxy) is 1. The van der Waals surface area contributed by atoms with Crippen LogP contribution in [0.3, 0.4) is 0 Å². The zero-order valence-electron chi connectivity index (χ0n) is 11.0. The number of nitrogens with two attached hydrogens (primary N) is 1. The summed E-state index contributed by atoms with van der Waals surface area (Å²) in [6, 6.07) is 9.29. The standard InChI is InChI=1S/C14H15N3O2S/c1-9-8-12(13(15)20)17-14(16-9)19-11-4-2-10(3-5-11)6-7-18/h2-5,8,18H,6-7H2,1H3,(H2,15,20). The first kappa shape index (κ1) is 14.4. The Bertz CT molecular complexity index is 614. The highest BCUT2D eigenvalue weighted by Crippen LogP contribution is 2.19. The molecule has 0 radical (unpaired) electrons. The van der Waals surface area contributed by atoms with Crippen LogP contribution in [0.25, 0.3) is 0 Å². The molecule has 5 nitrogen and oxygen atoms in total. The third-order valence-corrected chi connectivity index (χ3v) is 2.83. The predicted octanol–water partition coefficient (Wildman–Crippen LogP) is 1.75. The maximum atomic E-state index is 8.86. The quantitative estimate of drug-likeness (QED) is 0.816. The van der Waals surface area contributed by atoms with Crippen LogP contribution in [0.15, 0.2) is 30.3 Å². The molecule has 0 spiro atoms. The van der Waals surface area contributed by atoms with Crippen molar-refractivity contribution in [3.63, 3.8) is 0 Å². The van der Waals surface area contributed by atoms with Gasteiger partial charge in [-0.1, -0.05) is 24.4 Å². The van der Waals surface area contributed by atoms with Crippen LogP contribution in [0, 0.1) is 6.92 Å². The third kappa shape index (κ3) is 3.72. The Hall–Kier alpha value is -2.05. The first-order valence-electron chi connectivity index (χ1n) is 6.11. The fourth-order valence-corrected chi connectivity index (χ4v) is 1.78. The van der Waals surface area contributed by atoms with E-state index in [0.717, 1.165) is 11.3 Å². The van der Waals surface area contributed by atoms with Crippen molar-refractivity contribution in [2.45, 2.75) is 13.3 Å². The van der Waals surface area contributed by atoms with Crippen LogP contribution in [0.1, 0.15) is 17.0 Å². The molecule has 0 aliphatic heterocycles. The number of aliphatic hydroxyl groups is 1. The SMILES string of the molecule is Cc1cc(C(N)=S)nc(Oc2ccc(CCO)cc2)n1. The lowest BCUT2D eigenvalue weighted by molar-refractivity contribution is 0.299. The van der Waals surface area contributed by atoms with Gasteiger partial charge in [-0.15, -0.1) is 0 Å². The fraction of sp³-hybridized carbons (Fsp3) is 0.214. The lowest BCUT2D eigenvalue weighted by Gasteiger charge is -2.07. The van der Waals surface area contributed by atoms with Crippen LogP contribution in [-0.2, 0) is 6.42 Å². The van der Waals surface area contributed by atoms with E-state index >= 15 is 0 Å². The van der Waals surface area contributed by atoms with E-state index in [1.54, 1.807) is 18.2 Å². The summed E-state index contributed by atoms with van der Waals surface area (Å²) in [7, 11) is 0. The van der Waals surface area contributed by atoms with Gasteiger partial charge in [0.25, 0.3) is 0 Å². The van der Waals surface area contributed by atoms with Gasteiger partial charge in [-0.05, 0) is 37.1 Å². The molecule has 2 aromatic rings. The lowest BCUT2D eigenvalue weighted by atomic mass is 10.1. The monoisotopic (exact) mass is 289 g/mol. The summed E-state index contributed by atoms with van der Waals surface area (Å²) < 4.78 is 5.58. The fourth-order valence-electron chi connectivity index (χ4n) is 1.67. The Balaban J connectivity index is 2.19. The second kappa shape index (κ2) is 6.40. The summed E-state index contributed by atoms with van der Waals surface area (Å²) in [5.41, 5.74) is 7.81. The summed E-state index contributed by atoms with van der Waals surface area (Å²) in [6.07, 6.45) is 0.618. The zero-order chi connectivity index (χ0) is 14.5. The van der Waals surface area contributed by atoms with Gasteiger partial charge in [-0.25, -0.2) is 4.98 Å². The number of rotatable bonds is 5. The largest absolute Gasteiger partial charge is 0.424 e. The van der Waals surface area contributed by atoms with E-state index in [-0.39, 0.29) is 17.6 Å². The van der Waals surface area contributed by atoms with Crippen LogP contribution in [0.5, 0.6) is 11.8 Å². The van der Waals surface area contributed by atoms with Gasteiger partial charge in [0, 0.05) is 12.3 Å². The maximum Gasteiger partial charge on any atom is 0.322 e. The Morgan fingerprint density at radius 2 is 2.00 bits per heavy atom. The number of thiocarbonyl (C=S) groups is 1. The average molecular weight is 289 g/mol. The van der Waals surface area contributed by atoms with Crippen LogP contribution in [0.4, 0.5) is 0 Å². The molecule has 1 aromatic heterocycles. The molecule has 1 aromatic carbocycles. The van der Waals surface area contributed by atoms with Crippen molar-refractivity contribution >= 4 is 17.2 Å². The number of nitrogens with zero attached hydrogens (tertiary/aromatic N) is 2. The molecule has 0 aliphatic rings. The molecule has 0 fully saturated rings. The van der Waals surface area contributed by atoms with E-state index in [0.29, 0.717) is 17.9 Å². The summed E-state index contributed by atoms with van der Waals surface area (Å²) >= 11 is 4.90. The summed E-state index contributed by atoms with van der Waals surface area (Å²) in [4.78, 5) is 8.54. The van der Waals surface area contributed by atoms with E-state index in [4.69, 9.17) is 27.8 Å². The molecule has 0 aliphatic carbocycles. The van der Waals surface area contributed by atoms with Crippen LogP contribution in [-0.4, -0.2) is 26.7 Å². The van der Waals surface area contributed by atoms with Gasteiger partial charge in [0.1, 0.15) is 16.4 Å². The highest BCUT2D eigenvalue weighted by Gasteiger charge is 2.06. The highest BCUT2D eigenvalue weighted by atomic mass is 32.1. The van der Waals surface area contributed by atoms with Crippen molar-refractivity contribution in [1.29, 1.82) is 0 Å². The first-order valence-corrected chi connectivity index (χ1v) is 6.52. The van der Waals surface area contributed by atoms with Gasteiger partial charge in [0.05, 0.1) is 0 Å². The molecule has 2 rings (SSSR count). The minimum Gasteiger partial charge on any atom is -0.424 e. The van der Waals surface area contributed by atoms with Gasteiger partial charge >= 0.3 is 6.01 Å². The molecule has 0 saturated carbocycles. The molecule has 0 saturated heterocycles. The first-order chi connectivity index (χ1) is 9.58. The third-order valence-electron chi connectivity index (χ3n) is 2.62. The summed E-state index contributed by atoms with van der Waals surface area (Å²) in [6.45, 7) is 1.94. The number of hydrogen-bond acceptors (Lipinski definition) is 5. The Morgan fingerprint density at radius 3 is 2.60 bits per heavy atom. The molecule has 20 heavy (non-hydrogen) atoms. The number of benzene rings is 1. The molecule has 104 valence electrons. The maximum absolute atomic E-state index is 8.86. The van der Waals surface area contributed by atoms with Crippen LogP contribution < -0.4 is 10.5 Å². The minimum absolute atomic E-state index is 0.124. The van der Waals surface area contributed by atoms with E-state index in [1.165, 1.54) is 0 Å². The minimum atomic E-state index is 0.124. The van der Waals surface area contributed by atoms with Crippen LogP contribution in [0.2, 0.25) is 0 Å². The molecular formula is C14H15N3O2S. The van der Waals surface area contributed by atoms with Crippen molar-refractivity contribution < 1.29 is 9.84 Å². The zero-order valence-corrected chi connectivity index (χ0v) is 11.9. The second-order valence-electron chi connectivity index (χ2n) is 4.26. The molecule has 6 heteroatoms. The number of aliphatic hydroxyl groups excluding tert-OH is 1. The van der Waals surface area contributed by atoms with Crippen molar-refractivity contribution in [2.24, 2.45) is 5.73 Å². The Labute approximate surface area is 122 Å². The summed E-state index contributed by atoms with van der Waals surface area (Å²) in [5, 5.41) is 8.86. The topological polar surface area (TPSA) is 81.3 Å². The molecule has 0 unspecified atom stereocenters. The molecule has 3 N–H and O–H groups in total. The van der Waals surface area contributed by atoms with E-state index in [2.05, 4.69) is 9.97 Å². The van der Waals surface area contributed by atoms with Gasteiger partial charge in [0.2, 0.25) is 0 Å². The Kier molecular flexibility index (Phi) is 4.60. The normalized spacial score (nSPS) is 10.3. The predicted molar refractivity (Wildman–Crippen MR) is 80.0 cm³/mol. The Morgan fingerprint density at radius 1 is 1.30 bits per heavy atom.